The number of nitrogens with one attached hydrogen (secondary N) is 2. The second-order valence-corrected chi connectivity index (χ2v) is 7.44. The molecule has 0 aromatic heterocycles. The molecule has 0 aliphatic carbocycles. The van der Waals surface area contributed by atoms with Gasteiger partial charge in [0.15, 0.2) is 0 Å². The lowest BCUT2D eigenvalue weighted by molar-refractivity contribution is -0.385. The second-order valence-electron chi connectivity index (χ2n) is 7.44. The number of alkyl carbamates (subject to hydrolysis) is 1. The van der Waals surface area contributed by atoms with Crippen LogP contribution in [0.4, 0.5) is 10.5 Å². The molecule has 0 spiro atoms. The van der Waals surface area contributed by atoms with Crippen molar-refractivity contribution >= 4 is 11.8 Å². The van der Waals surface area contributed by atoms with Gasteiger partial charge in [0, 0.05) is 30.3 Å². The lowest BCUT2D eigenvalue weighted by Crippen LogP contribution is -2.47. The molecule has 0 aliphatic rings. The van der Waals surface area contributed by atoms with Gasteiger partial charge in [-0.1, -0.05) is 32.0 Å². The van der Waals surface area contributed by atoms with E-state index in [9.17, 15) is 14.9 Å². The molecule has 0 fully saturated rings. The Bertz CT molecular complexity index is 596. The largest absolute Gasteiger partial charge is 0.444 e. The Morgan fingerprint density at radius 2 is 1.84 bits per heavy atom. The highest BCUT2D eigenvalue weighted by Gasteiger charge is 2.23. The summed E-state index contributed by atoms with van der Waals surface area (Å²) in [7, 11) is 0. The third-order valence-electron chi connectivity index (χ3n) is 3.75. The average molecular weight is 351 g/mol. The van der Waals surface area contributed by atoms with Crippen LogP contribution in [0, 0.1) is 16.0 Å². The van der Waals surface area contributed by atoms with E-state index >= 15 is 0 Å². The predicted molar refractivity (Wildman–Crippen MR) is 97.5 cm³/mol. The number of carbonyl (C=O) groups excluding carboxylic acids is 1. The summed E-state index contributed by atoms with van der Waals surface area (Å²) in [6.45, 7) is 11.8. The molecule has 2 N–H and O–H groups in total. The van der Waals surface area contributed by atoms with Gasteiger partial charge < -0.3 is 15.4 Å². The zero-order valence-electron chi connectivity index (χ0n) is 15.8. The van der Waals surface area contributed by atoms with Gasteiger partial charge in [0.2, 0.25) is 0 Å². The van der Waals surface area contributed by atoms with Crippen LogP contribution in [0.1, 0.15) is 53.1 Å². The Labute approximate surface area is 149 Å². The molecule has 0 radical (unpaired) electrons. The lowest BCUT2D eigenvalue weighted by atomic mass is 10.0. The number of ether oxygens (including phenoxy) is 1. The molecule has 0 bridgehead atoms. The summed E-state index contributed by atoms with van der Waals surface area (Å²) in [5, 5.41) is 17.3. The Morgan fingerprint density at radius 1 is 1.24 bits per heavy atom. The van der Waals surface area contributed by atoms with Crippen molar-refractivity contribution < 1.29 is 14.5 Å². The maximum Gasteiger partial charge on any atom is 0.407 e. The van der Waals surface area contributed by atoms with E-state index in [4.69, 9.17) is 4.74 Å². The van der Waals surface area contributed by atoms with Gasteiger partial charge in [-0.15, -0.1) is 0 Å². The first-order valence-corrected chi connectivity index (χ1v) is 8.47. The van der Waals surface area contributed by atoms with Crippen LogP contribution in [-0.2, 0) is 4.74 Å². The van der Waals surface area contributed by atoms with Gasteiger partial charge in [0.25, 0.3) is 5.69 Å². The van der Waals surface area contributed by atoms with Crippen molar-refractivity contribution in [3.8, 4) is 0 Å². The first kappa shape index (κ1) is 20.9. The maximum absolute atomic E-state index is 12.0. The van der Waals surface area contributed by atoms with E-state index in [1.54, 1.807) is 18.2 Å². The predicted octanol–water partition coefficient (Wildman–Crippen LogP) is 3.79. The first-order chi connectivity index (χ1) is 11.5. The molecule has 7 heteroatoms. The zero-order valence-corrected chi connectivity index (χ0v) is 15.8. The van der Waals surface area contributed by atoms with Gasteiger partial charge in [-0.05, 0) is 33.6 Å². The summed E-state index contributed by atoms with van der Waals surface area (Å²) in [5.41, 5.74) is 0.146. The molecule has 0 aliphatic heterocycles. The monoisotopic (exact) mass is 351 g/mol. The molecule has 2 unspecified atom stereocenters. The quantitative estimate of drug-likeness (QED) is 0.576. The van der Waals surface area contributed by atoms with E-state index in [-0.39, 0.29) is 28.6 Å². The molecule has 1 aromatic carbocycles. The van der Waals surface area contributed by atoms with Crippen LogP contribution in [0.15, 0.2) is 24.3 Å². The molecule has 0 saturated carbocycles. The molecule has 2 atom stereocenters. The van der Waals surface area contributed by atoms with Gasteiger partial charge in [-0.25, -0.2) is 4.79 Å². The highest BCUT2D eigenvalue weighted by atomic mass is 16.6. The minimum absolute atomic E-state index is 0.0868. The Hall–Kier alpha value is -2.15. The number of rotatable bonds is 7. The first-order valence-electron chi connectivity index (χ1n) is 8.47. The number of carbonyl (C=O) groups is 1. The number of amides is 1. The van der Waals surface area contributed by atoms with E-state index in [2.05, 4.69) is 10.6 Å². The highest BCUT2D eigenvalue weighted by molar-refractivity contribution is 5.68. The minimum atomic E-state index is -0.559. The van der Waals surface area contributed by atoms with E-state index in [1.807, 2.05) is 41.5 Å². The molecular formula is C18H29N3O4. The van der Waals surface area contributed by atoms with Gasteiger partial charge in [0.05, 0.1) is 4.92 Å². The third kappa shape index (κ3) is 7.09. The number of benzene rings is 1. The molecule has 0 saturated heterocycles. The van der Waals surface area contributed by atoms with E-state index in [0.717, 1.165) is 0 Å². The molecule has 1 rings (SSSR count). The van der Waals surface area contributed by atoms with Crippen LogP contribution in [-0.4, -0.2) is 29.2 Å². The molecule has 140 valence electrons. The molecule has 1 amide bonds. The van der Waals surface area contributed by atoms with Gasteiger partial charge in [0.1, 0.15) is 5.60 Å². The Kier molecular flexibility index (Phi) is 7.36. The normalized spacial score (nSPS) is 14.0. The van der Waals surface area contributed by atoms with Crippen molar-refractivity contribution in [2.45, 2.75) is 59.2 Å². The summed E-state index contributed by atoms with van der Waals surface area (Å²) in [5.74, 6) is 0.179. The zero-order chi connectivity index (χ0) is 19.2. The highest BCUT2D eigenvalue weighted by Crippen LogP contribution is 2.24. The van der Waals surface area contributed by atoms with Crippen molar-refractivity contribution in [1.82, 2.24) is 10.6 Å². The number of para-hydroxylation sites is 1. The molecule has 0 heterocycles. The summed E-state index contributed by atoms with van der Waals surface area (Å²) in [4.78, 5) is 22.8. The van der Waals surface area contributed by atoms with Crippen molar-refractivity contribution in [1.29, 1.82) is 0 Å². The number of hydrogen-bond donors (Lipinski definition) is 2. The second kappa shape index (κ2) is 8.80. The van der Waals surface area contributed by atoms with Crippen LogP contribution in [0.2, 0.25) is 0 Å². The van der Waals surface area contributed by atoms with Crippen molar-refractivity contribution in [2.24, 2.45) is 5.92 Å². The van der Waals surface area contributed by atoms with E-state index in [1.165, 1.54) is 6.07 Å². The molecule has 1 aromatic rings. The van der Waals surface area contributed by atoms with Gasteiger partial charge >= 0.3 is 6.09 Å². The molecule has 25 heavy (non-hydrogen) atoms. The van der Waals surface area contributed by atoms with Gasteiger partial charge in [-0.3, -0.25) is 10.1 Å². The third-order valence-corrected chi connectivity index (χ3v) is 3.75. The maximum atomic E-state index is 12.0. The molecular weight excluding hydrogens is 322 g/mol. The molecule has 7 nitrogen and oxygen atoms in total. The lowest BCUT2D eigenvalue weighted by Gasteiger charge is -2.27. The number of nitrogens with zero attached hydrogens (tertiary/aromatic N) is 1. The fourth-order valence-corrected chi connectivity index (χ4v) is 2.35. The van der Waals surface area contributed by atoms with Crippen LogP contribution in [0.3, 0.4) is 0 Å². The number of nitro benzene ring substituents is 1. The van der Waals surface area contributed by atoms with Crippen LogP contribution in [0.25, 0.3) is 0 Å². The van der Waals surface area contributed by atoms with Crippen LogP contribution < -0.4 is 10.6 Å². The fraction of sp³-hybridized carbons (Fsp3) is 0.611. The summed E-state index contributed by atoms with van der Waals surface area (Å²) >= 11 is 0. The average Bonchev–Trinajstić information content (AvgIpc) is 2.48. The van der Waals surface area contributed by atoms with Crippen LogP contribution in [0.5, 0.6) is 0 Å². The van der Waals surface area contributed by atoms with E-state index in [0.29, 0.717) is 12.1 Å². The summed E-state index contributed by atoms with van der Waals surface area (Å²) < 4.78 is 5.29. The fourth-order valence-electron chi connectivity index (χ4n) is 2.35. The smallest absolute Gasteiger partial charge is 0.407 e. The van der Waals surface area contributed by atoms with E-state index < -0.39 is 11.7 Å². The SMILES string of the molecule is CC(NCC(NC(=O)OC(C)(C)C)C(C)C)c1ccccc1[N+](=O)[O-]. The van der Waals surface area contributed by atoms with Crippen molar-refractivity contribution in [2.75, 3.05) is 6.54 Å². The summed E-state index contributed by atoms with van der Waals surface area (Å²) in [6.07, 6.45) is -0.466. The topological polar surface area (TPSA) is 93.5 Å². The minimum Gasteiger partial charge on any atom is -0.444 e. The number of hydrogen-bond acceptors (Lipinski definition) is 5. The van der Waals surface area contributed by atoms with Gasteiger partial charge in [-0.2, -0.15) is 0 Å². The Morgan fingerprint density at radius 3 is 2.36 bits per heavy atom. The van der Waals surface area contributed by atoms with Crippen LogP contribution >= 0.6 is 0 Å². The Balaban J connectivity index is 2.72. The van der Waals surface area contributed by atoms with Crippen molar-refractivity contribution in [3.05, 3.63) is 39.9 Å². The summed E-state index contributed by atoms with van der Waals surface area (Å²) in [6, 6.07) is 6.28. The van der Waals surface area contributed by atoms with Crippen molar-refractivity contribution in [3.63, 3.8) is 0 Å². The number of nitro groups is 1. The standard InChI is InChI=1S/C18H29N3O4/c1-12(2)15(20-17(22)25-18(4,5)6)11-19-13(3)14-9-7-8-10-16(14)21(23)24/h7-10,12-13,15,19H,11H2,1-6H3,(H,20,22).